The Hall–Kier alpha value is -1.48. The average Bonchev–Trinajstić information content (AvgIpc) is 2.33. The van der Waals surface area contributed by atoms with E-state index in [0.29, 0.717) is 5.75 Å². The fraction of sp³-hybridized carbons (Fsp3) is 0.154. The van der Waals surface area contributed by atoms with E-state index in [0.717, 1.165) is 12.2 Å². The second-order valence-corrected chi connectivity index (χ2v) is 4.62. The number of hydrogen-bond donors (Lipinski definition) is 1. The zero-order valence-corrected chi connectivity index (χ0v) is 9.65. The third kappa shape index (κ3) is 3.28. The van der Waals surface area contributed by atoms with E-state index in [-0.39, 0.29) is 0 Å². The van der Waals surface area contributed by atoms with E-state index in [1.165, 1.54) is 10.5 Å². The van der Waals surface area contributed by atoms with Crippen molar-refractivity contribution in [2.45, 2.75) is 11.3 Å². The van der Waals surface area contributed by atoms with Crippen LogP contribution in [-0.2, 0) is 6.42 Å². The first-order valence-corrected chi connectivity index (χ1v) is 6.14. The number of pyridine rings is 1. The maximum absolute atomic E-state index is 9.14. The van der Waals surface area contributed by atoms with Crippen LogP contribution in [0, 0.1) is 0 Å². The van der Waals surface area contributed by atoms with Crippen molar-refractivity contribution < 1.29 is 5.11 Å². The standard InChI is InChI=1S/C13H13NOS/c15-12-1-3-13(4-2-12)16-10-7-11-5-8-14-9-6-11/h1-6,8-9,15H,7,10H2. The molecule has 0 aliphatic carbocycles. The summed E-state index contributed by atoms with van der Waals surface area (Å²) in [4.78, 5) is 5.17. The van der Waals surface area contributed by atoms with Gasteiger partial charge in [-0.05, 0) is 48.4 Å². The molecule has 0 aliphatic rings. The highest BCUT2D eigenvalue weighted by molar-refractivity contribution is 7.99. The molecular formula is C13H13NOS. The SMILES string of the molecule is Oc1ccc(SCCc2ccncc2)cc1. The molecule has 0 saturated carbocycles. The molecule has 0 amide bonds. The first kappa shape index (κ1) is 11.0. The van der Waals surface area contributed by atoms with Gasteiger partial charge in [0, 0.05) is 23.0 Å². The third-order valence-corrected chi connectivity index (χ3v) is 3.26. The molecule has 3 heteroatoms. The Morgan fingerprint density at radius 2 is 1.69 bits per heavy atom. The molecule has 1 aromatic carbocycles. The van der Waals surface area contributed by atoms with Crippen molar-refractivity contribution in [3.05, 3.63) is 54.4 Å². The molecule has 0 saturated heterocycles. The predicted molar refractivity (Wildman–Crippen MR) is 66.8 cm³/mol. The molecule has 2 nitrogen and oxygen atoms in total. The summed E-state index contributed by atoms with van der Waals surface area (Å²) in [5, 5.41) is 9.14. The number of aryl methyl sites for hydroxylation is 1. The van der Waals surface area contributed by atoms with Crippen molar-refractivity contribution in [2.75, 3.05) is 5.75 Å². The number of hydrogen-bond acceptors (Lipinski definition) is 3. The van der Waals surface area contributed by atoms with Crippen molar-refractivity contribution >= 4 is 11.8 Å². The van der Waals surface area contributed by atoms with E-state index in [1.807, 2.05) is 36.7 Å². The first-order chi connectivity index (χ1) is 7.84. The normalized spacial score (nSPS) is 10.2. The summed E-state index contributed by atoms with van der Waals surface area (Å²) >= 11 is 1.79. The minimum absolute atomic E-state index is 0.318. The fourth-order valence-corrected chi connectivity index (χ4v) is 2.28. The number of phenols is 1. The molecule has 2 rings (SSSR count). The van der Waals surface area contributed by atoms with Gasteiger partial charge in [0.2, 0.25) is 0 Å². The van der Waals surface area contributed by atoms with Gasteiger partial charge in [0.25, 0.3) is 0 Å². The molecule has 2 aromatic rings. The second-order valence-electron chi connectivity index (χ2n) is 3.45. The first-order valence-electron chi connectivity index (χ1n) is 5.15. The molecule has 0 bridgehead atoms. The summed E-state index contributed by atoms with van der Waals surface area (Å²) in [6.45, 7) is 0. The van der Waals surface area contributed by atoms with Gasteiger partial charge in [-0.25, -0.2) is 0 Å². The van der Waals surface area contributed by atoms with Crippen LogP contribution in [0.5, 0.6) is 5.75 Å². The van der Waals surface area contributed by atoms with Gasteiger partial charge >= 0.3 is 0 Å². The van der Waals surface area contributed by atoms with Crippen molar-refractivity contribution in [2.24, 2.45) is 0 Å². The molecule has 1 heterocycles. The van der Waals surface area contributed by atoms with Gasteiger partial charge in [-0.3, -0.25) is 4.98 Å². The Balaban J connectivity index is 1.82. The molecule has 16 heavy (non-hydrogen) atoms. The van der Waals surface area contributed by atoms with E-state index in [4.69, 9.17) is 5.11 Å². The number of nitrogens with zero attached hydrogens (tertiary/aromatic N) is 1. The van der Waals surface area contributed by atoms with E-state index in [9.17, 15) is 0 Å². The van der Waals surface area contributed by atoms with Crippen LogP contribution < -0.4 is 0 Å². The Labute approximate surface area is 99.4 Å². The molecule has 0 fully saturated rings. The lowest BCUT2D eigenvalue weighted by atomic mass is 10.2. The molecule has 1 aromatic heterocycles. The monoisotopic (exact) mass is 231 g/mol. The highest BCUT2D eigenvalue weighted by Gasteiger charge is 1.96. The third-order valence-electron chi connectivity index (χ3n) is 2.25. The maximum atomic E-state index is 9.14. The lowest BCUT2D eigenvalue weighted by Gasteiger charge is -2.02. The summed E-state index contributed by atoms with van der Waals surface area (Å²) in [6, 6.07) is 11.4. The van der Waals surface area contributed by atoms with Gasteiger partial charge in [0.1, 0.15) is 5.75 Å². The lowest BCUT2D eigenvalue weighted by Crippen LogP contribution is -1.88. The zero-order chi connectivity index (χ0) is 11.2. The molecule has 0 aliphatic heterocycles. The van der Waals surface area contributed by atoms with Crippen LogP contribution in [0.2, 0.25) is 0 Å². The van der Waals surface area contributed by atoms with Gasteiger partial charge < -0.3 is 5.11 Å². The van der Waals surface area contributed by atoms with Crippen LogP contribution in [-0.4, -0.2) is 15.8 Å². The van der Waals surface area contributed by atoms with Crippen molar-refractivity contribution in [1.82, 2.24) is 4.98 Å². The van der Waals surface area contributed by atoms with Crippen LogP contribution in [0.25, 0.3) is 0 Å². The van der Waals surface area contributed by atoms with E-state index in [1.54, 1.807) is 23.9 Å². The van der Waals surface area contributed by atoms with Crippen LogP contribution in [0.1, 0.15) is 5.56 Å². The van der Waals surface area contributed by atoms with E-state index < -0.39 is 0 Å². The molecular weight excluding hydrogens is 218 g/mol. The summed E-state index contributed by atoms with van der Waals surface area (Å²) in [5.41, 5.74) is 1.31. The summed E-state index contributed by atoms with van der Waals surface area (Å²) in [7, 11) is 0. The van der Waals surface area contributed by atoms with E-state index >= 15 is 0 Å². The molecule has 0 radical (unpaired) electrons. The van der Waals surface area contributed by atoms with Crippen molar-refractivity contribution in [3.63, 3.8) is 0 Å². The number of phenolic OH excluding ortho intramolecular Hbond substituents is 1. The highest BCUT2D eigenvalue weighted by Crippen LogP contribution is 2.21. The number of thioether (sulfide) groups is 1. The smallest absolute Gasteiger partial charge is 0.115 e. The van der Waals surface area contributed by atoms with Gasteiger partial charge in [0.15, 0.2) is 0 Å². The van der Waals surface area contributed by atoms with Crippen molar-refractivity contribution in [1.29, 1.82) is 0 Å². The lowest BCUT2D eigenvalue weighted by molar-refractivity contribution is 0.475. The number of aromatic hydroxyl groups is 1. The average molecular weight is 231 g/mol. The quantitative estimate of drug-likeness (QED) is 0.821. The van der Waals surface area contributed by atoms with Gasteiger partial charge in [-0.15, -0.1) is 11.8 Å². The Bertz CT molecular complexity index is 427. The van der Waals surface area contributed by atoms with Gasteiger partial charge in [0.05, 0.1) is 0 Å². The Morgan fingerprint density at radius 1 is 1.00 bits per heavy atom. The van der Waals surface area contributed by atoms with E-state index in [2.05, 4.69) is 4.98 Å². The predicted octanol–water partition coefficient (Wildman–Crippen LogP) is 3.12. The zero-order valence-electron chi connectivity index (χ0n) is 8.84. The summed E-state index contributed by atoms with van der Waals surface area (Å²) in [6.07, 6.45) is 4.68. The topological polar surface area (TPSA) is 33.1 Å². The van der Waals surface area contributed by atoms with Crippen LogP contribution in [0.15, 0.2) is 53.7 Å². The fourth-order valence-electron chi connectivity index (χ4n) is 1.38. The van der Waals surface area contributed by atoms with Crippen molar-refractivity contribution in [3.8, 4) is 5.75 Å². The van der Waals surface area contributed by atoms with Gasteiger partial charge in [-0.1, -0.05) is 0 Å². The van der Waals surface area contributed by atoms with Crippen LogP contribution in [0.3, 0.4) is 0 Å². The Morgan fingerprint density at radius 3 is 2.38 bits per heavy atom. The summed E-state index contributed by atoms with van der Waals surface area (Å²) < 4.78 is 0. The largest absolute Gasteiger partial charge is 0.508 e. The Kier molecular flexibility index (Phi) is 3.83. The number of benzene rings is 1. The molecule has 82 valence electrons. The summed E-state index contributed by atoms with van der Waals surface area (Å²) in [5.74, 6) is 1.35. The number of aromatic nitrogens is 1. The molecule has 1 N–H and O–H groups in total. The maximum Gasteiger partial charge on any atom is 0.115 e. The number of rotatable bonds is 4. The minimum Gasteiger partial charge on any atom is -0.508 e. The van der Waals surface area contributed by atoms with Crippen LogP contribution in [0.4, 0.5) is 0 Å². The molecule has 0 spiro atoms. The highest BCUT2D eigenvalue weighted by atomic mass is 32.2. The molecule has 0 unspecified atom stereocenters. The van der Waals surface area contributed by atoms with Gasteiger partial charge in [-0.2, -0.15) is 0 Å². The van der Waals surface area contributed by atoms with Crippen LogP contribution >= 0.6 is 11.8 Å². The molecule has 0 atom stereocenters. The second kappa shape index (κ2) is 5.56. The minimum atomic E-state index is 0.318.